The molecule has 2 aromatic rings. The topological polar surface area (TPSA) is 61.4 Å². The molecular weight excluding hydrogens is 405 g/mol. The van der Waals surface area contributed by atoms with E-state index in [0.29, 0.717) is 12.8 Å². The molecule has 0 aliphatic heterocycles. The molecule has 2 aliphatic carbocycles. The van der Waals surface area contributed by atoms with E-state index < -0.39 is 11.7 Å². The fraction of sp³-hybridized carbons (Fsp3) is 0.458. The Hall–Kier alpha value is -2.54. The predicted octanol–water partition coefficient (Wildman–Crippen LogP) is 5.40. The van der Waals surface area contributed by atoms with Crippen LogP contribution in [0.2, 0.25) is 0 Å². The van der Waals surface area contributed by atoms with Crippen LogP contribution >= 0.6 is 0 Å². The standard InChI is InChI=1S/C24H27F3N2O2/c25-24(26,27)18-10-7-15(8-11-18)17-4-1-5-19(13-17)28-23(31)29-22-6-2-3-16-9-12-20(30)14-21(16)22/h2-3,6-8,10-11,17,19-20,30H,1,4-5,9,12-14H2,(H2,28,29,31)/t17-,19-,20?/m1/s1. The molecule has 2 amide bonds. The highest BCUT2D eigenvalue weighted by molar-refractivity contribution is 5.90. The number of urea groups is 1. The minimum absolute atomic E-state index is 0.0360. The van der Waals surface area contributed by atoms with Crippen molar-refractivity contribution in [2.24, 2.45) is 0 Å². The molecule has 0 saturated heterocycles. The fourth-order valence-electron chi connectivity index (χ4n) is 4.80. The van der Waals surface area contributed by atoms with Crippen molar-refractivity contribution in [1.82, 2.24) is 5.32 Å². The monoisotopic (exact) mass is 432 g/mol. The number of aliphatic hydroxyl groups excluding tert-OH is 1. The first-order valence-corrected chi connectivity index (χ1v) is 10.8. The largest absolute Gasteiger partial charge is 0.416 e. The molecule has 0 heterocycles. The molecule has 1 fully saturated rings. The first-order chi connectivity index (χ1) is 14.8. The number of halogens is 3. The Labute approximate surface area is 179 Å². The van der Waals surface area contributed by atoms with Crippen molar-refractivity contribution in [2.45, 2.75) is 69.2 Å². The highest BCUT2D eigenvalue weighted by atomic mass is 19.4. The van der Waals surface area contributed by atoms with Crippen molar-refractivity contribution in [3.63, 3.8) is 0 Å². The number of anilines is 1. The van der Waals surface area contributed by atoms with Gasteiger partial charge in [0.25, 0.3) is 0 Å². The van der Waals surface area contributed by atoms with Gasteiger partial charge in [-0.3, -0.25) is 0 Å². The molecule has 0 aromatic heterocycles. The van der Waals surface area contributed by atoms with Crippen LogP contribution in [0.5, 0.6) is 0 Å². The highest BCUT2D eigenvalue weighted by Crippen LogP contribution is 2.35. The summed E-state index contributed by atoms with van der Waals surface area (Å²) >= 11 is 0. The van der Waals surface area contributed by atoms with Crippen LogP contribution in [0.25, 0.3) is 0 Å². The molecule has 2 aliphatic rings. The fourth-order valence-corrected chi connectivity index (χ4v) is 4.80. The third-order valence-electron chi connectivity index (χ3n) is 6.43. The summed E-state index contributed by atoms with van der Waals surface area (Å²) in [5.41, 5.74) is 3.11. The second kappa shape index (κ2) is 8.91. The molecule has 4 nitrogen and oxygen atoms in total. The van der Waals surface area contributed by atoms with Gasteiger partial charge in [-0.2, -0.15) is 13.2 Å². The van der Waals surface area contributed by atoms with Crippen LogP contribution in [0.1, 0.15) is 60.3 Å². The number of alkyl halides is 3. The molecule has 7 heteroatoms. The molecule has 0 bridgehead atoms. The smallest absolute Gasteiger partial charge is 0.393 e. The van der Waals surface area contributed by atoms with E-state index in [1.165, 1.54) is 0 Å². The first kappa shape index (κ1) is 21.7. The van der Waals surface area contributed by atoms with Crippen molar-refractivity contribution in [2.75, 3.05) is 5.32 Å². The van der Waals surface area contributed by atoms with Gasteiger partial charge in [-0.25, -0.2) is 4.79 Å². The molecule has 1 saturated carbocycles. The number of rotatable bonds is 3. The van der Waals surface area contributed by atoms with Gasteiger partial charge in [-0.1, -0.05) is 30.7 Å². The van der Waals surface area contributed by atoms with Gasteiger partial charge in [0.1, 0.15) is 0 Å². The second-order valence-corrected chi connectivity index (χ2v) is 8.62. The van der Waals surface area contributed by atoms with Crippen LogP contribution in [0, 0.1) is 0 Å². The zero-order valence-electron chi connectivity index (χ0n) is 17.2. The lowest BCUT2D eigenvalue weighted by atomic mass is 9.81. The lowest BCUT2D eigenvalue weighted by molar-refractivity contribution is -0.137. The summed E-state index contributed by atoms with van der Waals surface area (Å²) in [6, 6.07) is 10.8. The number of carbonyl (C=O) groups excluding carboxylic acids is 1. The summed E-state index contributed by atoms with van der Waals surface area (Å²) in [6.45, 7) is 0. The molecule has 2 aromatic carbocycles. The zero-order chi connectivity index (χ0) is 22.0. The summed E-state index contributed by atoms with van der Waals surface area (Å²) in [5, 5.41) is 15.9. The lowest BCUT2D eigenvalue weighted by Crippen LogP contribution is -2.40. The van der Waals surface area contributed by atoms with E-state index in [1.807, 2.05) is 18.2 Å². The number of hydrogen-bond donors (Lipinski definition) is 3. The Morgan fingerprint density at radius 1 is 1.03 bits per heavy atom. The third kappa shape index (κ3) is 5.21. The van der Waals surface area contributed by atoms with Crippen molar-refractivity contribution in [3.05, 3.63) is 64.7 Å². The van der Waals surface area contributed by atoms with Gasteiger partial charge in [0, 0.05) is 18.2 Å². The maximum Gasteiger partial charge on any atom is 0.416 e. The van der Waals surface area contributed by atoms with Crippen LogP contribution in [-0.2, 0) is 19.0 Å². The van der Waals surface area contributed by atoms with Gasteiger partial charge in [0.15, 0.2) is 0 Å². The molecule has 0 spiro atoms. The van der Waals surface area contributed by atoms with Crippen LogP contribution in [0.3, 0.4) is 0 Å². The third-order valence-corrected chi connectivity index (χ3v) is 6.43. The van der Waals surface area contributed by atoms with E-state index in [4.69, 9.17) is 0 Å². The predicted molar refractivity (Wildman–Crippen MR) is 113 cm³/mol. The van der Waals surface area contributed by atoms with Crippen molar-refractivity contribution >= 4 is 11.7 Å². The molecule has 1 unspecified atom stereocenters. The summed E-state index contributed by atoms with van der Waals surface area (Å²) in [7, 11) is 0. The van der Waals surface area contributed by atoms with Gasteiger partial charge < -0.3 is 15.7 Å². The Balaban J connectivity index is 1.37. The Morgan fingerprint density at radius 3 is 2.55 bits per heavy atom. The van der Waals surface area contributed by atoms with Gasteiger partial charge in [-0.05, 0) is 72.9 Å². The summed E-state index contributed by atoms with van der Waals surface area (Å²) < 4.78 is 38.4. The normalized spacial score (nSPS) is 23.7. The molecular formula is C24H27F3N2O2. The summed E-state index contributed by atoms with van der Waals surface area (Å²) in [6.07, 6.45) is 0.687. The SMILES string of the molecule is O=C(Nc1cccc2c1CC(O)CC2)N[C@@H]1CCC[C@@H](c2ccc(C(F)(F)F)cc2)C1. The Bertz CT molecular complexity index is 927. The Kier molecular flexibility index (Phi) is 6.23. The number of hydrogen-bond acceptors (Lipinski definition) is 2. The Morgan fingerprint density at radius 2 is 1.81 bits per heavy atom. The van der Waals surface area contributed by atoms with Crippen LogP contribution in [-0.4, -0.2) is 23.3 Å². The lowest BCUT2D eigenvalue weighted by Gasteiger charge is -2.30. The molecule has 3 N–H and O–H groups in total. The highest BCUT2D eigenvalue weighted by Gasteiger charge is 2.31. The van der Waals surface area contributed by atoms with Crippen LogP contribution in [0.15, 0.2) is 42.5 Å². The van der Waals surface area contributed by atoms with E-state index in [9.17, 15) is 23.1 Å². The number of carbonyl (C=O) groups is 1. The van der Waals surface area contributed by atoms with Crippen molar-refractivity contribution < 1.29 is 23.1 Å². The van der Waals surface area contributed by atoms with E-state index >= 15 is 0 Å². The molecule has 4 rings (SSSR count). The quantitative estimate of drug-likeness (QED) is 0.608. The van der Waals surface area contributed by atoms with Crippen LogP contribution < -0.4 is 10.6 Å². The van der Waals surface area contributed by atoms with Gasteiger partial charge >= 0.3 is 12.2 Å². The summed E-state index contributed by atoms with van der Waals surface area (Å²) in [5.74, 6) is 0.126. The zero-order valence-corrected chi connectivity index (χ0v) is 17.2. The number of aliphatic hydroxyl groups is 1. The molecule has 3 atom stereocenters. The molecule has 0 radical (unpaired) electrons. The average Bonchev–Trinajstić information content (AvgIpc) is 2.74. The summed E-state index contributed by atoms with van der Waals surface area (Å²) in [4.78, 5) is 12.6. The van der Waals surface area contributed by atoms with Gasteiger partial charge in [-0.15, -0.1) is 0 Å². The van der Waals surface area contributed by atoms with E-state index in [1.54, 1.807) is 12.1 Å². The van der Waals surface area contributed by atoms with E-state index in [2.05, 4.69) is 10.6 Å². The second-order valence-electron chi connectivity index (χ2n) is 8.62. The molecule has 166 valence electrons. The van der Waals surface area contributed by atoms with Gasteiger partial charge in [0.2, 0.25) is 0 Å². The molecule has 31 heavy (non-hydrogen) atoms. The van der Waals surface area contributed by atoms with Crippen molar-refractivity contribution in [3.8, 4) is 0 Å². The van der Waals surface area contributed by atoms with Crippen LogP contribution in [0.4, 0.5) is 23.7 Å². The van der Waals surface area contributed by atoms with E-state index in [0.717, 1.165) is 66.6 Å². The minimum atomic E-state index is -4.33. The minimum Gasteiger partial charge on any atom is -0.393 e. The van der Waals surface area contributed by atoms with Crippen molar-refractivity contribution in [1.29, 1.82) is 0 Å². The number of nitrogens with one attached hydrogen (secondary N) is 2. The number of fused-ring (bicyclic) bond motifs is 1. The number of benzene rings is 2. The first-order valence-electron chi connectivity index (χ1n) is 10.8. The maximum atomic E-state index is 12.8. The van der Waals surface area contributed by atoms with Gasteiger partial charge in [0.05, 0.1) is 11.7 Å². The maximum absolute atomic E-state index is 12.8. The average molecular weight is 432 g/mol. The number of amides is 2. The number of aryl methyl sites for hydroxylation is 1. The van der Waals surface area contributed by atoms with E-state index in [-0.39, 0.29) is 24.1 Å².